The molecule has 4 rings (SSSR count). The lowest BCUT2D eigenvalue weighted by molar-refractivity contribution is -0.137. The highest BCUT2D eigenvalue weighted by atomic mass is 19.4. The molecule has 0 saturated carbocycles. The molecule has 0 amide bonds. The number of piperidine rings is 1. The molecule has 172 valence electrons. The molecular weight excluding hydrogens is 435 g/mol. The highest BCUT2D eigenvalue weighted by Crippen LogP contribution is 2.34. The van der Waals surface area contributed by atoms with Crippen molar-refractivity contribution in [2.24, 2.45) is 13.0 Å². The van der Waals surface area contributed by atoms with Crippen molar-refractivity contribution >= 4 is 16.9 Å². The van der Waals surface area contributed by atoms with E-state index in [4.69, 9.17) is 4.74 Å². The summed E-state index contributed by atoms with van der Waals surface area (Å²) in [6.45, 7) is 4.33. The Bertz CT molecular complexity index is 1300. The highest BCUT2D eigenvalue weighted by molar-refractivity contribution is 5.86. The molecule has 0 spiro atoms. The van der Waals surface area contributed by atoms with Crippen LogP contribution in [-0.4, -0.2) is 33.2 Å². The van der Waals surface area contributed by atoms with Crippen LogP contribution in [0, 0.1) is 17.2 Å². The Hall–Kier alpha value is -3.61. The minimum Gasteiger partial charge on any atom is -0.490 e. The normalized spacial score (nSPS) is 21.1. The van der Waals surface area contributed by atoms with Gasteiger partial charge in [0.05, 0.1) is 11.1 Å². The summed E-state index contributed by atoms with van der Waals surface area (Å²) in [5.41, 5.74) is 0.0332. The predicted octanol–water partition coefficient (Wildman–Crippen LogP) is 3.90. The van der Waals surface area contributed by atoms with E-state index in [2.05, 4.69) is 9.97 Å². The number of aromatic nitrogens is 3. The Morgan fingerprint density at radius 1 is 1.18 bits per heavy atom. The molecule has 0 bridgehead atoms. The first kappa shape index (κ1) is 22.6. The maximum absolute atomic E-state index is 13.0. The molecule has 0 N–H and O–H groups in total. The molecule has 3 aromatic rings. The van der Waals surface area contributed by atoms with Gasteiger partial charge in [0.1, 0.15) is 29.1 Å². The maximum atomic E-state index is 13.0. The van der Waals surface area contributed by atoms with Crippen molar-refractivity contribution in [1.29, 1.82) is 5.26 Å². The Kier molecular flexibility index (Phi) is 5.74. The topological polar surface area (TPSA) is 84.0 Å². The van der Waals surface area contributed by atoms with Gasteiger partial charge in [-0.15, -0.1) is 0 Å². The second-order valence-electron chi connectivity index (χ2n) is 8.35. The van der Waals surface area contributed by atoms with Gasteiger partial charge in [-0.05, 0) is 37.3 Å². The van der Waals surface area contributed by atoms with E-state index in [-0.39, 0.29) is 29.5 Å². The monoisotopic (exact) mass is 457 g/mol. The molecule has 33 heavy (non-hydrogen) atoms. The van der Waals surface area contributed by atoms with Gasteiger partial charge in [0, 0.05) is 32.0 Å². The molecule has 1 saturated heterocycles. The first-order valence-electron chi connectivity index (χ1n) is 10.5. The summed E-state index contributed by atoms with van der Waals surface area (Å²) in [6.07, 6.45) is -4.25. The van der Waals surface area contributed by atoms with E-state index in [0.29, 0.717) is 29.8 Å². The Balaban J connectivity index is 1.63. The second-order valence-corrected chi connectivity index (χ2v) is 8.35. The van der Waals surface area contributed by atoms with Crippen LogP contribution in [0.3, 0.4) is 0 Å². The molecular formula is C23H22F3N5O2. The van der Waals surface area contributed by atoms with Crippen LogP contribution in [0.15, 0.2) is 41.2 Å². The summed E-state index contributed by atoms with van der Waals surface area (Å²) in [4.78, 5) is 23.0. The Morgan fingerprint density at radius 3 is 2.64 bits per heavy atom. The Morgan fingerprint density at radius 2 is 1.94 bits per heavy atom. The molecule has 1 unspecified atom stereocenters. The minimum absolute atomic E-state index is 0.0733. The first-order chi connectivity index (χ1) is 15.6. The van der Waals surface area contributed by atoms with Gasteiger partial charge in [-0.1, -0.05) is 13.0 Å². The lowest BCUT2D eigenvalue weighted by Gasteiger charge is -2.42. The zero-order chi connectivity index (χ0) is 23.9. The fraction of sp³-hybridized carbons (Fsp3) is 0.391. The van der Waals surface area contributed by atoms with Crippen molar-refractivity contribution in [2.75, 3.05) is 11.4 Å². The minimum atomic E-state index is -4.44. The van der Waals surface area contributed by atoms with Crippen molar-refractivity contribution in [1.82, 2.24) is 14.5 Å². The van der Waals surface area contributed by atoms with Crippen LogP contribution in [0.5, 0.6) is 5.75 Å². The van der Waals surface area contributed by atoms with E-state index in [1.165, 1.54) is 16.7 Å². The SMILES string of the molecule is CC1CN(c2nc(=O)n(C)c3ccc(C#N)nc23)[C@@H](C)C[C@@H]1Oc1cccc(C(F)(F)F)c1. The number of aryl methyl sites for hydroxylation is 1. The van der Waals surface area contributed by atoms with Crippen molar-refractivity contribution in [3.8, 4) is 11.8 Å². The summed E-state index contributed by atoms with van der Waals surface area (Å²) >= 11 is 0. The maximum Gasteiger partial charge on any atom is 0.416 e. The van der Waals surface area contributed by atoms with Gasteiger partial charge in [0.15, 0.2) is 5.82 Å². The van der Waals surface area contributed by atoms with E-state index >= 15 is 0 Å². The molecule has 10 heteroatoms. The predicted molar refractivity (Wildman–Crippen MR) is 116 cm³/mol. The number of hydrogen-bond acceptors (Lipinski definition) is 6. The largest absolute Gasteiger partial charge is 0.490 e. The quantitative estimate of drug-likeness (QED) is 0.593. The number of nitriles is 1. The molecule has 0 aliphatic carbocycles. The Labute approximate surface area is 188 Å². The van der Waals surface area contributed by atoms with Crippen molar-refractivity contribution < 1.29 is 17.9 Å². The van der Waals surface area contributed by atoms with Crippen LogP contribution in [0.4, 0.5) is 19.0 Å². The van der Waals surface area contributed by atoms with Crippen molar-refractivity contribution in [3.63, 3.8) is 0 Å². The van der Waals surface area contributed by atoms with E-state index in [9.17, 15) is 23.2 Å². The average molecular weight is 457 g/mol. The highest BCUT2D eigenvalue weighted by Gasteiger charge is 2.35. The van der Waals surface area contributed by atoms with E-state index in [0.717, 1.165) is 12.1 Å². The number of fused-ring (bicyclic) bond motifs is 1. The molecule has 1 aliphatic rings. The third-order valence-electron chi connectivity index (χ3n) is 6.00. The first-order valence-corrected chi connectivity index (χ1v) is 10.5. The molecule has 1 aliphatic heterocycles. The molecule has 0 radical (unpaired) electrons. The zero-order valence-corrected chi connectivity index (χ0v) is 18.3. The number of nitrogens with zero attached hydrogens (tertiary/aromatic N) is 5. The smallest absolute Gasteiger partial charge is 0.416 e. The van der Waals surface area contributed by atoms with Crippen LogP contribution in [0.1, 0.15) is 31.5 Å². The summed E-state index contributed by atoms with van der Waals surface area (Å²) < 4.78 is 46.5. The lowest BCUT2D eigenvalue weighted by atomic mass is 9.91. The summed E-state index contributed by atoms with van der Waals surface area (Å²) in [7, 11) is 1.59. The van der Waals surface area contributed by atoms with Gasteiger partial charge in [-0.25, -0.2) is 9.78 Å². The second kappa shape index (κ2) is 8.39. The van der Waals surface area contributed by atoms with E-state index in [1.54, 1.807) is 19.2 Å². The molecule has 1 aromatic carbocycles. The van der Waals surface area contributed by atoms with Crippen LogP contribution in [0.2, 0.25) is 0 Å². The van der Waals surface area contributed by atoms with Gasteiger partial charge in [-0.3, -0.25) is 4.57 Å². The van der Waals surface area contributed by atoms with E-state index < -0.39 is 17.4 Å². The summed E-state index contributed by atoms with van der Waals surface area (Å²) in [5.74, 6) is 0.484. The number of benzene rings is 1. The van der Waals surface area contributed by atoms with Gasteiger partial charge in [0.2, 0.25) is 0 Å². The molecule has 1 fully saturated rings. The van der Waals surface area contributed by atoms with Crippen LogP contribution >= 0.6 is 0 Å². The summed E-state index contributed by atoms with van der Waals surface area (Å²) in [6, 6.07) is 9.96. The number of ether oxygens (including phenoxy) is 1. The summed E-state index contributed by atoms with van der Waals surface area (Å²) in [5, 5.41) is 9.26. The van der Waals surface area contributed by atoms with Crippen LogP contribution in [-0.2, 0) is 13.2 Å². The number of pyridine rings is 1. The number of hydrogen-bond donors (Lipinski definition) is 0. The third kappa shape index (κ3) is 4.35. The van der Waals surface area contributed by atoms with Gasteiger partial charge < -0.3 is 9.64 Å². The number of anilines is 1. The van der Waals surface area contributed by atoms with Crippen molar-refractivity contribution in [2.45, 2.75) is 38.6 Å². The fourth-order valence-electron chi connectivity index (χ4n) is 4.15. The standard InChI is InChI=1S/C23H22F3N5O2/c1-13-12-31(21-20-18(30(3)22(32)29-21)8-7-16(11-27)28-20)14(2)9-19(13)33-17-6-4-5-15(10-17)23(24,25)26/h4-8,10,13-14,19H,9,12H2,1-3H3/t13?,14-,19-/m0/s1. The van der Waals surface area contributed by atoms with Gasteiger partial charge >= 0.3 is 11.9 Å². The number of halogens is 3. The molecule has 3 atom stereocenters. The number of rotatable bonds is 3. The van der Waals surface area contributed by atoms with Gasteiger partial charge in [0.25, 0.3) is 0 Å². The molecule has 2 aromatic heterocycles. The van der Waals surface area contributed by atoms with Crippen LogP contribution in [0.25, 0.3) is 11.0 Å². The van der Waals surface area contributed by atoms with Gasteiger partial charge in [-0.2, -0.15) is 23.4 Å². The molecule has 3 heterocycles. The average Bonchev–Trinajstić information content (AvgIpc) is 2.78. The van der Waals surface area contributed by atoms with Crippen LogP contribution < -0.4 is 15.3 Å². The molecule has 7 nitrogen and oxygen atoms in total. The van der Waals surface area contributed by atoms with E-state index in [1.807, 2.05) is 24.8 Å². The zero-order valence-electron chi connectivity index (χ0n) is 18.3. The van der Waals surface area contributed by atoms with Crippen molar-refractivity contribution in [3.05, 3.63) is 58.1 Å². The lowest BCUT2D eigenvalue weighted by Crippen LogP contribution is -2.50. The third-order valence-corrected chi connectivity index (χ3v) is 6.00. The number of alkyl halides is 3. The fourth-order valence-corrected chi connectivity index (χ4v) is 4.15.